The van der Waals surface area contributed by atoms with Gasteiger partial charge in [-0.25, -0.2) is 0 Å². The van der Waals surface area contributed by atoms with Crippen molar-refractivity contribution in [2.45, 2.75) is 0 Å². The van der Waals surface area contributed by atoms with Gasteiger partial charge in [-0.05, 0) is 48.0 Å². The highest BCUT2D eigenvalue weighted by Gasteiger charge is 2.29. The van der Waals surface area contributed by atoms with Gasteiger partial charge in [-0.1, -0.05) is 48.5 Å². The summed E-state index contributed by atoms with van der Waals surface area (Å²) in [6.07, 6.45) is 1.71. The van der Waals surface area contributed by atoms with Crippen molar-refractivity contribution in [1.82, 2.24) is 0 Å². The molecule has 3 aromatic carbocycles. The first kappa shape index (κ1) is 18.5. The van der Waals surface area contributed by atoms with Crippen LogP contribution in [0.25, 0.3) is 6.08 Å². The molecule has 5 heteroatoms. The second-order valence-corrected chi connectivity index (χ2v) is 6.80. The Morgan fingerprint density at radius 2 is 1.31 bits per heavy atom. The van der Waals surface area contributed by atoms with Crippen molar-refractivity contribution >= 4 is 35.1 Å². The first-order valence-electron chi connectivity index (χ1n) is 9.32. The van der Waals surface area contributed by atoms with Crippen LogP contribution in [0, 0.1) is 0 Å². The number of hydrogen-bond acceptors (Lipinski definition) is 4. The lowest BCUT2D eigenvalue weighted by atomic mass is 10.2. The van der Waals surface area contributed by atoms with Crippen molar-refractivity contribution in [3.8, 4) is 0 Å². The van der Waals surface area contributed by atoms with Gasteiger partial charge in [0.2, 0.25) is 0 Å². The molecule has 0 radical (unpaired) electrons. The van der Waals surface area contributed by atoms with Crippen molar-refractivity contribution in [3.63, 3.8) is 0 Å². The van der Waals surface area contributed by atoms with E-state index < -0.39 is 5.91 Å². The molecule has 0 saturated carbocycles. The van der Waals surface area contributed by atoms with E-state index in [-0.39, 0.29) is 11.8 Å². The van der Waals surface area contributed by atoms with Crippen LogP contribution < -0.4 is 9.80 Å². The van der Waals surface area contributed by atoms with Crippen molar-refractivity contribution < 1.29 is 9.53 Å². The van der Waals surface area contributed by atoms with E-state index in [9.17, 15) is 4.79 Å². The molecule has 1 aliphatic rings. The van der Waals surface area contributed by atoms with Crippen LogP contribution in [-0.4, -0.2) is 26.0 Å². The summed E-state index contributed by atoms with van der Waals surface area (Å²) in [5, 5.41) is 0. The summed E-state index contributed by atoms with van der Waals surface area (Å²) >= 11 is 0. The number of para-hydroxylation sites is 2. The highest BCUT2D eigenvalue weighted by Crippen LogP contribution is 2.29. The summed E-state index contributed by atoms with van der Waals surface area (Å²) < 4.78 is 5.90. The molecule has 0 fully saturated rings. The number of aliphatic imine (C=N–C) groups is 1. The normalized spacial score (nSPS) is 14.5. The average molecular weight is 383 g/mol. The monoisotopic (exact) mass is 383 g/mol. The summed E-state index contributed by atoms with van der Waals surface area (Å²) in [5.41, 5.74) is 3.69. The van der Waals surface area contributed by atoms with Gasteiger partial charge in [-0.15, -0.1) is 0 Å². The number of nitrogens with zero attached hydrogens (tertiary/aromatic N) is 3. The molecule has 0 aliphatic carbocycles. The van der Waals surface area contributed by atoms with Crippen LogP contribution in [0.1, 0.15) is 5.56 Å². The number of anilines is 3. The van der Waals surface area contributed by atoms with E-state index in [0.29, 0.717) is 0 Å². The molecule has 0 aromatic heterocycles. The van der Waals surface area contributed by atoms with Gasteiger partial charge >= 0.3 is 11.9 Å². The molecule has 0 saturated heterocycles. The molecule has 1 aliphatic heterocycles. The third-order valence-corrected chi connectivity index (χ3v) is 4.54. The van der Waals surface area contributed by atoms with Crippen LogP contribution in [0.3, 0.4) is 0 Å². The van der Waals surface area contributed by atoms with Gasteiger partial charge < -0.3 is 9.64 Å². The van der Waals surface area contributed by atoms with Crippen molar-refractivity contribution in [3.05, 3.63) is 96.3 Å². The fourth-order valence-electron chi connectivity index (χ4n) is 3.04. The van der Waals surface area contributed by atoms with E-state index in [1.807, 2.05) is 109 Å². The molecule has 29 heavy (non-hydrogen) atoms. The molecule has 1 heterocycles. The van der Waals surface area contributed by atoms with Crippen LogP contribution >= 0.6 is 0 Å². The number of ether oxygens (including phenoxy) is 1. The first-order valence-corrected chi connectivity index (χ1v) is 9.32. The van der Waals surface area contributed by atoms with Gasteiger partial charge in [-0.3, -0.25) is 9.69 Å². The van der Waals surface area contributed by atoms with Gasteiger partial charge in [-0.2, -0.15) is 4.99 Å². The van der Waals surface area contributed by atoms with Crippen molar-refractivity contribution in [2.75, 3.05) is 23.9 Å². The first-order chi connectivity index (χ1) is 14.1. The second-order valence-electron chi connectivity index (χ2n) is 6.80. The quantitative estimate of drug-likeness (QED) is 0.605. The van der Waals surface area contributed by atoms with Crippen LogP contribution in [-0.2, 0) is 9.53 Å². The summed E-state index contributed by atoms with van der Waals surface area (Å²) in [5.74, 6) is -0.192. The van der Waals surface area contributed by atoms with Crippen LogP contribution in [0.5, 0.6) is 0 Å². The number of carbonyl (C=O) groups excluding carboxylic acids is 1. The Bertz CT molecular complexity index is 1020. The molecule has 1 amide bonds. The van der Waals surface area contributed by atoms with Crippen LogP contribution in [0.15, 0.2) is 95.7 Å². The largest absolute Gasteiger partial charge is 0.419 e. The number of hydrogen-bond donors (Lipinski definition) is 0. The molecule has 0 bridgehead atoms. The maximum atomic E-state index is 12.5. The predicted molar refractivity (Wildman–Crippen MR) is 117 cm³/mol. The minimum absolute atomic E-state index is 0.203. The minimum Gasteiger partial charge on any atom is -0.419 e. The maximum Gasteiger partial charge on any atom is 0.317 e. The van der Waals surface area contributed by atoms with E-state index in [1.165, 1.54) is 0 Å². The lowest BCUT2D eigenvalue weighted by Gasteiger charge is -2.23. The Hall–Kier alpha value is -3.86. The Balaban J connectivity index is 1.64. The molecular weight excluding hydrogens is 362 g/mol. The van der Waals surface area contributed by atoms with E-state index in [0.717, 1.165) is 22.6 Å². The molecular formula is C24H21N3O2. The minimum atomic E-state index is -0.395. The fourth-order valence-corrected chi connectivity index (χ4v) is 3.04. The highest BCUT2D eigenvalue weighted by atomic mass is 16.5. The van der Waals surface area contributed by atoms with Crippen LogP contribution in [0.2, 0.25) is 0 Å². The summed E-state index contributed by atoms with van der Waals surface area (Å²) in [4.78, 5) is 20.5. The lowest BCUT2D eigenvalue weighted by Crippen LogP contribution is -2.25. The highest BCUT2D eigenvalue weighted by molar-refractivity contribution is 6.14. The number of benzene rings is 3. The molecule has 144 valence electrons. The fraction of sp³-hybridized carbons (Fsp3) is 0.0833. The Kier molecular flexibility index (Phi) is 5.12. The molecule has 0 unspecified atom stereocenters. The Morgan fingerprint density at radius 3 is 1.83 bits per heavy atom. The van der Waals surface area contributed by atoms with Gasteiger partial charge in [0.1, 0.15) is 0 Å². The number of amides is 1. The zero-order chi connectivity index (χ0) is 20.2. The third kappa shape index (κ3) is 4.04. The smallest absolute Gasteiger partial charge is 0.317 e. The second kappa shape index (κ2) is 8.02. The molecule has 3 aromatic rings. The van der Waals surface area contributed by atoms with Crippen molar-refractivity contribution in [2.24, 2.45) is 4.99 Å². The zero-order valence-corrected chi connectivity index (χ0v) is 16.3. The topological polar surface area (TPSA) is 45.1 Å². The van der Waals surface area contributed by atoms with Gasteiger partial charge in [0.25, 0.3) is 0 Å². The lowest BCUT2D eigenvalue weighted by molar-refractivity contribution is -0.115. The summed E-state index contributed by atoms with van der Waals surface area (Å²) in [7, 11) is 3.97. The average Bonchev–Trinajstić information content (AvgIpc) is 3.10. The van der Waals surface area contributed by atoms with Gasteiger partial charge in [0.15, 0.2) is 5.76 Å². The zero-order valence-electron chi connectivity index (χ0n) is 16.3. The summed E-state index contributed by atoms with van der Waals surface area (Å²) in [6.45, 7) is 0. The third-order valence-electron chi connectivity index (χ3n) is 4.54. The van der Waals surface area contributed by atoms with E-state index in [1.54, 1.807) is 6.08 Å². The number of carbonyl (C=O) groups is 1. The van der Waals surface area contributed by atoms with E-state index in [2.05, 4.69) is 4.99 Å². The molecule has 0 atom stereocenters. The molecule has 0 N–H and O–H groups in total. The van der Waals surface area contributed by atoms with Gasteiger partial charge in [0.05, 0.1) is 11.4 Å². The SMILES string of the molecule is CN(C)c1ccc(/C=C2/OC(N(c3ccccc3)c3ccccc3)=NC2=O)cc1. The summed E-state index contributed by atoms with van der Waals surface area (Å²) in [6, 6.07) is 27.5. The Labute approximate surface area is 170 Å². The molecule has 4 rings (SSSR count). The van der Waals surface area contributed by atoms with E-state index >= 15 is 0 Å². The number of amidine groups is 1. The van der Waals surface area contributed by atoms with Crippen LogP contribution in [0.4, 0.5) is 17.1 Å². The standard InChI is InChI=1S/C24H21N3O2/c1-26(2)19-15-13-18(14-16-19)17-22-23(28)25-24(29-22)27(20-9-5-3-6-10-20)21-11-7-4-8-12-21/h3-17H,1-2H3/b22-17+. The molecule has 5 nitrogen and oxygen atoms in total. The maximum absolute atomic E-state index is 12.5. The Morgan fingerprint density at radius 1 is 0.759 bits per heavy atom. The van der Waals surface area contributed by atoms with Gasteiger partial charge in [0, 0.05) is 19.8 Å². The molecule has 0 spiro atoms. The predicted octanol–water partition coefficient (Wildman–Crippen LogP) is 4.84. The number of rotatable bonds is 4. The van der Waals surface area contributed by atoms with Crippen molar-refractivity contribution in [1.29, 1.82) is 0 Å². The van der Waals surface area contributed by atoms with E-state index in [4.69, 9.17) is 4.74 Å².